The van der Waals surface area contributed by atoms with Gasteiger partial charge in [0.2, 0.25) is 11.0 Å². The fraction of sp³-hybridized carbons (Fsp3) is 0.615. The molecule has 22 heavy (non-hydrogen) atoms. The number of aromatic nitrogens is 2. The Morgan fingerprint density at radius 3 is 2.77 bits per heavy atom. The lowest BCUT2D eigenvalue weighted by molar-refractivity contribution is -0.134. The smallest absolute Gasteiger partial charge is 0.323 e. The Balaban J connectivity index is 1.63. The van der Waals surface area contributed by atoms with Crippen molar-refractivity contribution in [2.45, 2.75) is 38.6 Å². The maximum absolute atomic E-state index is 12.4. The van der Waals surface area contributed by atoms with Crippen molar-refractivity contribution < 1.29 is 14.4 Å². The summed E-state index contributed by atoms with van der Waals surface area (Å²) in [7, 11) is 0. The van der Waals surface area contributed by atoms with E-state index in [1.54, 1.807) is 6.92 Å². The van der Waals surface area contributed by atoms with E-state index in [-0.39, 0.29) is 18.4 Å². The van der Waals surface area contributed by atoms with Gasteiger partial charge in [0.15, 0.2) is 0 Å². The standard InChI is InChI=1S/C13H17N5O3S/c1-3-9-16-17-11(22-9)14-8(19)6-18-10(20)13(2,7-4-5-7)15-12(18)21/h7H,3-6H2,1-2H3,(H,15,21)(H,14,17,19)/t13-/m0/s1. The second kappa shape index (κ2) is 5.31. The topological polar surface area (TPSA) is 104 Å². The fourth-order valence-corrected chi connectivity index (χ4v) is 3.24. The van der Waals surface area contributed by atoms with E-state index < -0.39 is 17.5 Å². The third-order valence-corrected chi connectivity index (χ3v) is 5.00. The van der Waals surface area contributed by atoms with Gasteiger partial charge in [-0.25, -0.2) is 4.79 Å². The highest BCUT2D eigenvalue weighted by atomic mass is 32.1. The van der Waals surface area contributed by atoms with Crippen LogP contribution in [0.3, 0.4) is 0 Å². The number of rotatable bonds is 5. The number of anilines is 1. The van der Waals surface area contributed by atoms with Crippen LogP contribution >= 0.6 is 11.3 Å². The Hall–Kier alpha value is -2.03. The van der Waals surface area contributed by atoms with E-state index >= 15 is 0 Å². The molecule has 1 saturated heterocycles. The molecule has 1 atom stereocenters. The molecule has 9 heteroatoms. The summed E-state index contributed by atoms with van der Waals surface area (Å²) in [4.78, 5) is 37.3. The second-order valence-electron chi connectivity index (χ2n) is 5.70. The average Bonchev–Trinajstić information content (AvgIpc) is 3.21. The van der Waals surface area contributed by atoms with Crippen LogP contribution in [0.2, 0.25) is 0 Å². The lowest BCUT2D eigenvalue weighted by atomic mass is 9.96. The number of carbonyl (C=O) groups excluding carboxylic acids is 3. The number of aryl methyl sites for hydroxylation is 1. The summed E-state index contributed by atoms with van der Waals surface area (Å²) in [6.45, 7) is 3.35. The van der Waals surface area contributed by atoms with Crippen LogP contribution in [0.25, 0.3) is 0 Å². The van der Waals surface area contributed by atoms with Gasteiger partial charge in [0.1, 0.15) is 17.1 Å². The minimum absolute atomic E-state index is 0.173. The van der Waals surface area contributed by atoms with Crippen molar-refractivity contribution in [2.24, 2.45) is 5.92 Å². The van der Waals surface area contributed by atoms with E-state index in [1.165, 1.54) is 11.3 Å². The molecule has 1 aromatic heterocycles. The van der Waals surface area contributed by atoms with Crippen molar-refractivity contribution in [2.75, 3.05) is 11.9 Å². The summed E-state index contributed by atoms with van der Waals surface area (Å²) in [6.07, 6.45) is 2.58. The molecule has 1 aliphatic carbocycles. The van der Waals surface area contributed by atoms with E-state index in [2.05, 4.69) is 20.8 Å². The van der Waals surface area contributed by atoms with Gasteiger partial charge in [0.25, 0.3) is 5.91 Å². The van der Waals surface area contributed by atoms with Gasteiger partial charge in [0, 0.05) is 0 Å². The van der Waals surface area contributed by atoms with Gasteiger partial charge >= 0.3 is 6.03 Å². The largest absolute Gasteiger partial charge is 0.325 e. The number of hydrogen-bond donors (Lipinski definition) is 2. The van der Waals surface area contributed by atoms with E-state index in [9.17, 15) is 14.4 Å². The quantitative estimate of drug-likeness (QED) is 0.779. The van der Waals surface area contributed by atoms with Crippen LogP contribution in [0.15, 0.2) is 0 Å². The first-order valence-corrected chi connectivity index (χ1v) is 8.02. The Labute approximate surface area is 131 Å². The van der Waals surface area contributed by atoms with Gasteiger partial charge in [-0.15, -0.1) is 10.2 Å². The highest BCUT2D eigenvalue weighted by Gasteiger charge is 2.56. The molecule has 2 N–H and O–H groups in total. The molecule has 2 aliphatic rings. The molecule has 1 saturated carbocycles. The molecule has 0 spiro atoms. The van der Waals surface area contributed by atoms with Gasteiger partial charge in [-0.05, 0) is 32.1 Å². The number of urea groups is 1. The molecule has 0 radical (unpaired) electrons. The highest BCUT2D eigenvalue weighted by Crippen LogP contribution is 2.42. The molecule has 8 nitrogen and oxygen atoms in total. The van der Waals surface area contributed by atoms with Crippen molar-refractivity contribution in [1.29, 1.82) is 0 Å². The van der Waals surface area contributed by atoms with Crippen molar-refractivity contribution in [3.8, 4) is 0 Å². The number of nitrogens with zero attached hydrogens (tertiary/aromatic N) is 3. The molecule has 4 amide bonds. The van der Waals surface area contributed by atoms with Gasteiger partial charge in [-0.2, -0.15) is 0 Å². The molecular weight excluding hydrogens is 306 g/mol. The molecule has 2 heterocycles. The van der Waals surface area contributed by atoms with E-state index in [0.29, 0.717) is 5.13 Å². The molecule has 0 unspecified atom stereocenters. The minimum atomic E-state index is -0.866. The van der Waals surface area contributed by atoms with Crippen molar-refractivity contribution >= 4 is 34.3 Å². The highest BCUT2D eigenvalue weighted by molar-refractivity contribution is 7.15. The van der Waals surface area contributed by atoms with Crippen molar-refractivity contribution in [1.82, 2.24) is 20.4 Å². The van der Waals surface area contributed by atoms with Crippen LogP contribution in [-0.4, -0.2) is 45.0 Å². The van der Waals surface area contributed by atoms with Gasteiger partial charge < -0.3 is 5.32 Å². The number of imide groups is 1. The SMILES string of the molecule is CCc1nnc(NC(=O)CN2C(=O)N[C@@](C)(C3CC3)C2=O)s1. The summed E-state index contributed by atoms with van der Waals surface area (Å²) < 4.78 is 0. The Morgan fingerprint density at radius 2 is 2.18 bits per heavy atom. The zero-order valence-corrected chi connectivity index (χ0v) is 13.2. The average molecular weight is 323 g/mol. The number of nitrogens with one attached hydrogen (secondary N) is 2. The maximum atomic E-state index is 12.4. The van der Waals surface area contributed by atoms with Crippen LogP contribution in [0.1, 0.15) is 31.7 Å². The lowest BCUT2D eigenvalue weighted by Gasteiger charge is -2.20. The summed E-state index contributed by atoms with van der Waals surface area (Å²) in [5.41, 5.74) is -0.866. The van der Waals surface area contributed by atoms with Crippen molar-refractivity contribution in [3.05, 3.63) is 5.01 Å². The molecule has 1 aliphatic heterocycles. The Morgan fingerprint density at radius 1 is 1.45 bits per heavy atom. The molecule has 1 aromatic rings. The van der Waals surface area contributed by atoms with Gasteiger partial charge in [-0.3, -0.25) is 19.8 Å². The molecule has 0 bridgehead atoms. The summed E-state index contributed by atoms with van der Waals surface area (Å²) >= 11 is 1.28. The molecule has 118 valence electrons. The summed E-state index contributed by atoms with van der Waals surface area (Å²) in [5, 5.41) is 14.2. The predicted molar refractivity (Wildman–Crippen MR) is 79.3 cm³/mol. The number of amides is 4. The zero-order chi connectivity index (χ0) is 15.9. The van der Waals surface area contributed by atoms with E-state index in [0.717, 1.165) is 29.2 Å². The third-order valence-electron chi connectivity index (χ3n) is 4.01. The van der Waals surface area contributed by atoms with Crippen LogP contribution in [0.5, 0.6) is 0 Å². The first-order valence-electron chi connectivity index (χ1n) is 7.20. The molecule has 0 aromatic carbocycles. The van der Waals surface area contributed by atoms with Gasteiger partial charge in [-0.1, -0.05) is 18.3 Å². The summed E-state index contributed by atoms with van der Waals surface area (Å²) in [5.74, 6) is -0.615. The molecule has 2 fully saturated rings. The monoisotopic (exact) mass is 323 g/mol. The van der Waals surface area contributed by atoms with Crippen LogP contribution in [0.4, 0.5) is 9.93 Å². The molecular formula is C13H17N5O3S. The van der Waals surface area contributed by atoms with Crippen LogP contribution in [0, 0.1) is 5.92 Å². The van der Waals surface area contributed by atoms with E-state index in [1.807, 2.05) is 6.92 Å². The van der Waals surface area contributed by atoms with Crippen LogP contribution < -0.4 is 10.6 Å². The normalized spacial score (nSPS) is 24.5. The molecule has 3 rings (SSSR count). The Kier molecular flexibility index (Phi) is 3.59. The Bertz CT molecular complexity index is 641. The predicted octanol–water partition coefficient (Wildman–Crippen LogP) is 0.759. The third kappa shape index (κ3) is 2.56. The van der Waals surface area contributed by atoms with Crippen LogP contribution in [-0.2, 0) is 16.0 Å². The van der Waals surface area contributed by atoms with Gasteiger partial charge in [0.05, 0.1) is 0 Å². The fourth-order valence-electron chi connectivity index (χ4n) is 2.55. The first kappa shape index (κ1) is 14.9. The first-order chi connectivity index (χ1) is 10.4. The lowest BCUT2D eigenvalue weighted by Crippen LogP contribution is -2.46. The minimum Gasteiger partial charge on any atom is -0.323 e. The van der Waals surface area contributed by atoms with Crippen molar-refractivity contribution in [3.63, 3.8) is 0 Å². The number of hydrogen-bond acceptors (Lipinski definition) is 6. The summed E-state index contributed by atoms with van der Waals surface area (Å²) in [6, 6.07) is -0.513. The number of carbonyl (C=O) groups is 3. The zero-order valence-electron chi connectivity index (χ0n) is 12.4. The van der Waals surface area contributed by atoms with E-state index in [4.69, 9.17) is 0 Å². The second-order valence-corrected chi connectivity index (χ2v) is 6.76. The maximum Gasteiger partial charge on any atom is 0.325 e.